The summed E-state index contributed by atoms with van der Waals surface area (Å²) in [6.07, 6.45) is 1.70. The first kappa shape index (κ1) is 16.2. The maximum absolute atomic E-state index is 4.63. The van der Waals surface area contributed by atoms with Crippen LogP contribution in [0.15, 0.2) is 18.5 Å². The van der Waals surface area contributed by atoms with Gasteiger partial charge in [-0.25, -0.2) is 19.9 Å². The Hall–Kier alpha value is -2.24. The van der Waals surface area contributed by atoms with Crippen molar-refractivity contribution in [1.82, 2.24) is 19.9 Å². The molecule has 0 spiro atoms. The lowest BCUT2D eigenvalue weighted by atomic mass is 10.0. The average molecular weight is 338 g/mol. The number of aryl methyl sites for hydroxylation is 2. The highest BCUT2D eigenvalue weighted by atomic mass is 15.3. The number of fused-ring (bicyclic) bond motifs is 1. The SMILES string of the molecule is Cc1cc(C)nc(N2CC3CN(c4cc(C(C)C)ncn4)CC3C2)n1. The van der Waals surface area contributed by atoms with Gasteiger partial charge in [-0.15, -0.1) is 0 Å². The van der Waals surface area contributed by atoms with Crippen LogP contribution in [0, 0.1) is 25.7 Å². The van der Waals surface area contributed by atoms with E-state index in [1.807, 2.05) is 19.9 Å². The Balaban J connectivity index is 1.46. The van der Waals surface area contributed by atoms with E-state index >= 15 is 0 Å². The van der Waals surface area contributed by atoms with Crippen molar-refractivity contribution in [2.24, 2.45) is 11.8 Å². The summed E-state index contributed by atoms with van der Waals surface area (Å²) in [5.41, 5.74) is 3.21. The molecule has 0 aromatic carbocycles. The van der Waals surface area contributed by atoms with Crippen molar-refractivity contribution < 1.29 is 0 Å². The van der Waals surface area contributed by atoms with Gasteiger partial charge in [0.05, 0.1) is 0 Å². The summed E-state index contributed by atoms with van der Waals surface area (Å²) < 4.78 is 0. The lowest BCUT2D eigenvalue weighted by Crippen LogP contribution is -2.30. The molecule has 2 aliphatic rings. The quantitative estimate of drug-likeness (QED) is 0.857. The van der Waals surface area contributed by atoms with E-state index in [9.17, 15) is 0 Å². The average Bonchev–Trinajstić information content (AvgIpc) is 3.13. The van der Waals surface area contributed by atoms with Crippen molar-refractivity contribution in [3.8, 4) is 0 Å². The van der Waals surface area contributed by atoms with Crippen LogP contribution in [0.1, 0.15) is 36.8 Å². The molecule has 132 valence electrons. The second-order valence-corrected chi connectivity index (χ2v) is 7.74. The molecule has 4 rings (SSSR count). The molecule has 0 radical (unpaired) electrons. The number of nitrogens with zero attached hydrogens (tertiary/aromatic N) is 6. The summed E-state index contributed by atoms with van der Waals surface area (Å²) in [4.78, 5) is 22.9. The topological polar surface area (TPSA) is 58.0 Å². The molecule has 0 bridgehead atoms. The van der Waals surface area contributed by atoms with E-state index in [-0.39, 0.29) is 0 Å². The number of hydrogen-bond donors (Lipinski definition) is 0. The van der Waals surface area contributed by atoms with Gasteiger partial charge in [-0.1, -0.05) is 13.8 Å². The zero-order chi connectivity index (χ0) is 17.6. The lowest BCUT2D eigenvalue weighted by molar-refractivity contribution is 0.533. The van der Waals surface area contributed by atoms with Crippen molar-refractivity contribution in [1.29, 1.82) is 0 Å². The second-order valence-electron chi connectivity index (χ2n) is 7.74. The van der Waals surface area contributed by atoms with Gasteiger partial charge < -0.3 is 9.80 Å². The zero-order valence-electron chi connectivity index (χ0n) is 15.5. The fourth-order valence-corrected chi connectivity index (χ4v) is 4.04. The molecular formula is C19H26N6. The molecule has 6 heteroatoms. The van der Waals surface area contributed by atoms with E-state index in [1.54, 1.807) is 6.33 Å². The number of aromatic nitrogens is 4. The Bertz CT molecular complexity index is 740. The molecule has 2 aromatic heterocycles. The molecule has 2 saturated heterocycles. The molecule has 4 heterocycles. The van der Waals surface area contributed by atoms with E-state index < -0.39 is 0 Å². The van der Waals surface area contributed by atoms with Crippen LogP contribution in [0.3, 0.4) is 0 Å². The molecule has 25 heavy (non-hydrogen) atoms. The predicted molar refractivity (Wildman–Crippen MR) is 99.0 cm³/mol. The summed E-state index contributed by atoms with van der Waals surface area (Å²) >= 11 is 0. The normalized spacial score (nSPS) is 22.8. The van der Waals surface area contributed by atoms with Crippen molar-refractivity contribution in [2.75, 3.05) is 36.0 Å². The number of rotatable bonds is 3. The first-order valence-electron chi connectivity index (χ1n) is 9.13. The van der Waals surface area contributed by atoms with Gasteiger partial charge in [-0.2, -0.15) is 0 Å². The third kappa shape index (κ3) is 3.17. The standard InChI is InChI=1S/C19H26N6/c1-12(2)17-6-18(21-11-20-17)24-7-15-9-25(10-16(15)8-24)19-22-13(3)5-14(4)23-19/h5-6,11-12,15-16H,7-10H2,1-4H3. The fraction of sp³-hybridized carbons (Fsp3) is 0.579. The van der Waals surface area contributed by atoms with Crippen LogP contribution in [-0.2, 0) is 0 Å². The minimum absolute atomic E-state index is 0.432. The van der Waals surface area contributed by atoms with Gasteiger partial charge in [0, 0.05) is 61.2 Å². The van der Waals surface area contributed by atoms with Gasteiger partial charge in [-0.05, 0) is 25.8 Å². The van der Waals surface area contributed by atoms with Crippen LogP contribution in [0.4, 0.5) is 11.8 Å². The Morgan fingerprint density at radius 2 is 1.48 bits per heavy atom. The molecule has 2 unspecified atom stereocenters. The summed E-state index contributed by atoms with van der Waals surface area (Å²) in [6, 6.07) is 4.18. The first-order valence-corrected chi connectivity index (χ1v) is 9.13. The van der Waals surface area contributed by atoms with Gasteiger partial charge in [-0.3, -0.25) is 0 Å². The summed E-state index contributed by atoms with van der Waals surface area (Å²) in [5.74, 6) is 3.70. The molecule has 2 aliphatic heterocycles. The molecule has 0 amide bonds. The predicted octanol–water partition coefficient (Wildman–Crippen LogP) is 2.58. The van der Waals surface area contributed by atoms with Crippen LogP contribution in [0.25, 0.3) is 0 Å². The highest BCUT2D eigenvalue weighted by molar-refractivity contribution is 5.43. The summed E-state index contributed by atoms with van der Waals surface area (Å²) in [5, 5.41) is 0. The minimum atomic E-state index is 0.432. The van der Waals surface area contributed by atoms with Crippen molar-refractivity contribution in [2.45, 2.75) is 33.6 Å². The zero-order valence-corrected chi connectivity index (χ0v) is 15.5. The van der Waals surface area contributed by atoms with Gasteiger partial charge >= 0.3 is 0 Å². The van der Waals surface area contributed by atoms with Gasteiger partial charge in [0.25, 0.3) is 0 Å². The van der Waals surface area contributed by atoms with Gasteiger partial charge in [0.15, 0.2) is 0 Å². The minimum Gasteiger partial charge on any atom is -0.356 e. The maximum atomic E-state index is 4.63. The lowest BCUT2D eigenvalue weighted by Gasteiger charge is -2.23. The van der Waals surface area contributed by atoms with E-state index in [1.165, 1.54) is 0 Å². The van der Waals surface area contributed by atoms with Crippen LogP contribution >= 0.6 is 0 Å². The Morgan fingerprint density at radius 3 is 2.08 bits per heavy atom. The first-order chi connectivity index (χ1) is 12.0. The van der Waals surface area contributed by atoms with E-state index in [0.29, 0.717) is 17.8 Å². The Kier molecular flexibility index (Phi) is 4.06. The molecule has 0 N–H and O–H groups in total. The van der Waals surface area contributed by atoms with Gasteiger partial charge in [0.2, 0.25) is 5.95 Å². The van der Waals surface area contributed by atoms with E-state index in [0.717, 1.165) is 55.0 Å². The van der Waals surface area contributed by atoms with Crippen molar-refractivity contribution in [3.05, 3.63) is 35.5 Å². The fourth-order valence-electron chi connectivity index (χ4n) is 4.04. The molecule has 0 saturated carbocycles. The highest BCUT2D eigenvalue weighted by Gasteiger charge is 2.41. The Morgan fingerprint density at radius 1 is 0.880 bits per heavy atom. The van der Waals surface area contributed by atoms with Gasteiger partial charge in [0.1, 0.15) is 12.1 Å². The monoisotopic (exact) mass is 338 g/mol. The van der Waals surface area contributed by atoms with Crippen molar-refractivity contribution in [3.63, 3.8) is 0 Å². The number of anilines is 2. The summed E-state index contributed by atoms with van der Waals surface area (Å²) in [7, 11) is 0. The van der Waals surface area contributed by atoms with Crippen LogP contribution in [0.2, 0.25) is 0 Å². The Labute approximate surface area is 149 Å². The van der Waals surface area contributed by atoms with E-state index in [2.05, 4.69) is 49.6 Å². The smallest absolute Gasteiger partial charge is 0.225 e. The highest BCUT2D eigenvalue weighted by Crippen LogP contribution is 2.35. The molecule has 2 atom stereocenters. The van der Waals surface area contributed by atoms with Crippen LogP contribution in [-0.4, -0.2) is 46.1 Å². The molecule has 2 fully saturated rings. The molecule has 2 aromatic rings. The third-order valence-electron chi connectivity index (χ3n) is 5.33. The van der Waals surface area contributed by atoms with E-state index in [4.69, 9.17) is 0 Å². The summed E-state index contributed by atoms with van der Waals surface area (Å²) in [6.45, 7) is 12.6. The molecule has 0 aliphatic carbocycles. The van der Waals surface area contributed by atoms with Crippen molar-refractivity contribution >= 4 is 11.8 Å². The number of hydrogen-bond acceptors (Lipinski definition) is 6. The van der Waals surface area contributed by atoms with Crippen LogP contribution in [0.5, 0.6) is 0 Å². The third-order valence-corrected chi connectivity index (χ3v) is 5.33. The second kappa shape index (κ2) is 6.24. The largest absolute Gasteiger partial charge is 0.356 e. The molecular weight excluding hydrogens is 312 g/mol. The maximum Gasteiger partial charge on any atom is 0.225 e. The van der Waals surface area contributed by atoms with Crippen LogP contribution < -0.4 is 9.80 Å². The molecule has 6 nitrogen and oxygen atoms in total.